The molecule has 0 spiro atoms. The van der Waals surface area contributed by atoms with Crippen molar-refractivity contribution in [2.24, 2.45) is 0 Å². The number of nitrogens with one attached hydrogen (secondary N) is 3. The molecular weight excluding hydrogens is 372 g/mol. The van der Waals surface area contributed by atoms with Crippen molar-refractivity contribution in [3.05, 3.63) is 62.0 Å². The van der Waals surface area contributed by atoms with E-state index in [1.807, 2.05) is 17.5 Å². The van der Waals surface area contributed by atoms with Crippen molar-refractivity contribution in [2.75, 3.05) is 13.1 Å². The molecule has 0 bridgehead atoms. The van der Waals surface area contributed by atoms with Crippen LogP contribution in [-0.2, 0) is 0 Å². The number of aromatic nitrogens is 4. The monoisotopic (exact) mass is 392 g/mol. The average Bonchev–Trinajstić information content (AvgIpc) is 3.41. The Labute approximate surface area is 164 Å². The zero-order chi connectivity index (χ0) is 19.3. The van der Waals surface area contributed by atoms with Crippen LogP contribution in [0.4, 0.5) is 0 Å². The highest BCUT2D eigenvalue weighted by Crippen LogP contribution is 2.17. The first kappa shape index (κ1) is 17.2. The van der Waals surface area contributed by atoms with Gasteiger partial charge in [-0.05, 0) is 49.1 Å². The van der Waals surface area contributed by atoms with Gasteiger partial charge in [0.1, 0.15) is 5.76 Å². The van der Waals surface area contributed by atoms with E-state index in [4.69, 9.17) is 5.41 Å². The molecule has 1 aromatic heterocycles. The van der Waals surface area contributed by atoms with Gasteiger partial charge in [-0.15, -0.1) is 0 Å². The van der Waals surface area contributed by atoms with E-state index < -0.39 is 0 Å². The van der Waals surface area contributed by atoms with Gasteiger partial charge in [0.05, 0.1) is 32.7 Å². The van der Waals surface area contributed by atoms with E-state index in [1.54, 1.807) is 13.1 Å². The van der Waals surface area contributed by atoms with E-state index in [0.29, 0.717) is 5.22 Å². The Bertz CT molecular complexity index is 1420. The zero-order valence-electron chi connectivity index (χ0n) is 15.4. The largest absolute Gasteiger partial charge is 0.512 e. The minimum absolute atomic E-state index is 0.196. The van der Waals surface area contributed by atoms with Crippen LogP contribution in [0.3, 0.4) is 0 Å². The minimum Gasteiger partial charge on any atom is -0.512 e. The van der Waals surface area contributed by atoms with E-state index in [2.05, 4.69) is 36.6 Å². The number of hydrogen-bond donors (Lipinski definition) is 4. The maximum absolute atomic E-state index is 10.2. The molecular formula is C20H20N6OS. The minimum atomic E-state index is 0.196. The van der Waals surface area contributed by atoms with E-state index in [9.17, 15) is 5.11 Å². The molecule has 7 nitrogen and oxygen atoms in total. The number of nitrogens with zero attached hydrogens (tertiary/aromatic N) is 3. The molecule has 0 radical (unpaired) electrons. The van der Waals surface area contributed by atoms with Crippen LogP contribution < -0.4 is 21.4 Å². The highest BCUT2D eigenvalue weighted by Gasteiger charge is 2.19. The first-order chi connectivity index (χ1) is 13.6. The summed E-state index contributed by atoms with van der Waals surface area (Å²) in [5.41, 5.74) is 2.17. The summed E-state index contributed by atoms with van der Waals surface area (Å²) in [5.74, 6) is 0.201. The number of fused-ring (bicyclic) bond motifs is 1. The maximum Gasteiger partial charge on any atom is 0.156 e. The molecule has 1 aromatic carbocycles. The number of aliphatic hydroxyl groups excluding tert-OH is 1. The third kappa shape index (κ3) is 2.73. The van der Waals surface area contributed by atoms with Crippen molar-refractivity contribution in [1.29, 1.82) is 5.41 Å². The maximum atomic E-state index is 10.2. The van der Waals surface area contributed by atoms with Crippen molar-refractivity contribution in [1.82, 2.24) is 24.5 Å². The molecule has 1 atom stereocenters. The van der Waals surface area contributed by atoms with Crippen molar-refractivity contribution < 1.29 is 5.11 Å². The van der Waals surface area contributed by atoms with Gasteiger partial charge in [-0.25, -0.2) is 4.98 Å². The molecule has 2 aromatic rings. The second kappa shape index (κ2) is 6.57. The van der Waals surface area contributed by atoms with Crippen LogP contribution in [0.25, 0.3) is 22.7 Å². The normalized spacial score (nSPS) is 19.0. The fraction of sp³-hybridized carbons (Fsp3) is 0.250. The van der Waals surface area contributed by atoms with Crippen molar-refractivity contribution >= 4 is 34.3 Å². The molecule has 1 saturated heterocycles. The second-order valence-electron chi connectivity index (χ2n) is 7.15. The molecule has 1 unspecified atom stereocenters. The van der Waals surface area contributed by atoms with Crippen LogP contribution in [-0.4, -0.2) is 37.3 Å². The summed E-state index contributed by atoms with van der Waals surface area (Å²) in [7, 11) is 0. The Balaban J connectivity index is 1.88. The van der Waals surface area contributed by atoms with Gasteiger partial charge >= 0.3 is 0 Å². The van der Waals surface area contributed by atoms with Crippen LogP contribution in [0.1, 0.15) is 24.9 Å². The van der Waals surface area contributed by atoms with Gasteiger partial charge in [-0.1, -0.05) is 12.1 Å². The number of aliphatic hydroxyl groups is 1. The summed E-state index contributed by atoms with van der Waals surface area (Å²) in [4.78, 5) is 4.22. The molecule has 1 fully saturated rings. The molecule has 4 heterocycles. The lowest BCUT2D eigenvalue weighted by Gasteiger charge is -2.11. The molecule has 4 N–H and O–H groups in total. The molecule has 8 heteroatoms. The Morgan fingerprint density at radius 3 is 3.11 bits per heavy atom. The summed E-state index contributed by atoms with van der Waals surface area (Å²) < 4.78 is 6.50. The van der Waals surface area contributed by atoms with Crippen LogP contribution in [0.15, 0.2) is 29.8 Å². The van der Waals surface area contributed by atoms with Crippen LogP contribution >= 0.6 is 11.5 Å². The molecule has 0 amide bonds. The molecule has 142 valence electrons. The van der Waals surface area contributed by atoms with Gasteiger partial charge in [0.15, 0.2) is 5.49 Å². The molecule has 0 aliphatic carbocycles. The van der Waals surface area contributed by atoms with Gasteiger partial charge in [-0.2, -0.15) is 4.37 Å². The third-order valence-electron chi connectivity index (χ3n) is 5.29. The SMILES string of the molecule is CC(O)=c1cnc(=N)c2c(=Cc3ccc4csnc4c3)[nH]n(C3CCNC3)c1=2. The Morgan fingerprint density at radius 2 is 2.32 bits per heavy atom. The predicted octanol–water partition coefficient (Wildman–Crippen LogP) is 1.07. The van der Waals surface area contributed by atoms with E-state index >= 15 is 0 Å². The summed E-state index contributed by atoms with van der Waals surface area (Å²) in [6, 6.07) is 6.40. The highest BCUT2D eigenvalue weighted by molar-refractivity contribution is 7.04. The lowest BCUT2D eigenvalue weighted by atomic mass is 10.1. The smallest absolute Gasteiger partial charge is 0.156 e. The van der Waals surface area contributed by atoms with Gasteiger partial charge in [0, 0.05) is 23.5 Å². The molecule has 3 aliphatic rings. The van der Waals surface area contributed by atoms with Gasteiger partial charge in [0.25, 0.3) is 0 Å². The second-order valence-corrected chi connectivity index (χ2v) is 7.78. The first-order valence-corrected chi connectivity index (χ1v) is 10.1. The molecule has 3 aliphatic heterocycles. The fourth-order valence-corrected chi connectivity index (χ4v) is 4.52. The van der Waals surface area contributed by atoms with Crippen molar-refractivity contribution in [3.63, 3.8) is 0 Å². The lowest BCUT2D eigenvalue weighted by molar-refractivity contribution is 0.469. The number of hydrogen-bond acceptors (Lipinski definition) is 6. The Hall–Kier alpha value is -2.97. The summed E-state index contributed by atoms with van der Waals surface area (Å²) in [5, 5.41) is 31.7. The number of H-pyrrole nitrogens is 1. The van der Waals surface area contributed by atoms with Crippen molar-refractivity contribution in [3.8, 4) is 0 Å². The molecule has 0 saturated carbocycles. The van der Waals surface area contributed by atoms with E-state index in [-0.39, 0.29) is 17.3 Å². The van der Waals surface area contributed by atoms with Crippen molar-refractivity contribution in [2.45, 2.75) is 19.4 Å². The van der Waals surface area contributed by atoms with Crippen LogP contribution in [0.5, 0.6) is 0 Å². The topological polar surface area (TPSA) is 103 Å². The summed E-state index contributed by atoms with van der Waals surface area (Å²) in [6.45, 7) is 3.46. The number of benzene rings is 1. The lowest BCUT2D eigenvalue weighted by Crippen LogP contribution is -2.24. The quantitative estimate of drug-likeness (QED) is 0.410. The number of aromatic amines is 1. The predicted molar refractivity (Wildman–Crippen MR) is 108 cm³/mol. The summed E-state index contributed by atoms with van der Waals surface area (Å²) in [6.07, 6.45) is 4.60. The van der Waals surface area contributed by atoms with Crippen LogP contribution in [0.2, 0.25) is 0 Å². The van der Waals surface area contributed by atoms with Gasteiger partial charge in [0.2, 0.25) is 0 Å². The van der Waals surface area contributed by atoms with Gasteiger partial charge in [-0.3, -0.25) is 15.2 Å². The Morgan fingerprint density at radius 1 is 1.43 bits per heavy atom. The average molecular weight is 392 g/mol. The standard InChI is InChI=1S/C20H20N6OS/c1-11(27)15-9-23-20(21)18-17(24-26(19(15)18)14-4-5-22-8-14)7-12-2-3-13-10-28-25-16(13)6-12/h2-3,6-7,9-10,14,21-22,24,27H,4-5,8H2,1H3. The number of rotatable bonds is 2. The molecule has 5 rings (SSSR count). The van der Waals surface area contributed by atoms with E-state index in [0.717, 1.165) is 51.9 Å². The Kier molecular flexibility index (Phi) is 4.03. The summed E-state index contributed by atoms with van der Waals surface area (Å²) >= 11 is 1.45. The zero-order valence-corrected chi connectivity index (χ0v) is 16.2. The first-order valence-electron chi connectivity index (χ1n) is 9.22. The van der Waals surface area contributed by atoms with Gasteiger partial charge < -0.3 is 10.4 Å². The highest BCUT2D eigenvalue weighted by atomic mass is 32.1. The fourth-order valence-electron chi connectivity index (χ4n) is 3.89. The van der Waals surface area contributed by atoms with Crippen LogP contribution in [0, 0.1) is 16.0 Å². The van der Waals surface area contributed by atoms with E-state index in [1.165, 1.54) is 11.5 Å². The molecule has 28 heavy (non-hydrogen) atoms. The third-order valence-corrected chi connectivity index (χ3v) is 5.95.